The van der Waals surface area contributed by atoms with Crippen LogP contribution in [0.5, 0.6) is 0 Å². The number of allylic oxidation sites excluding steroid dienone is 2. The summed E-state index contributed by atoms with van der Waals surface area (Å²) in [5.74, 6) is -0.356. The fourth-order valence-electron chi connectivity index (χ4n) is 3.89. The summed E-state index contributed by atoms with van der Waals surface area (Å²) in [6, 6.07) is 0. The monoisotopic (exact) mass is 373 g/mol. The Morgan fingerprint density at radius 3 is 2.84 bits per heavy atom. The van der Waals surface area contributed by atoms with Crippen LogP contribution in [0.1, 0.15) is 45.4 Å². The van der Waals surface area contributed by atoms with Gasteiger partial charge in [-0.25, -0.2) is 0 Å². The van der Waals surface area contributed by atoms with Crippen LogP contribution in [0.2, 0.25) is 0 Å². The third-order valence-corrected chi connectivity index (χ3v) is 6.94. The summed E-state index contributed by atoms with van der Waals surface area (Å²) in [6.07, 6.45) is 6.08. The predicted molar refractivity (Wildman–Crippen MR) is 97.2 cm³/mol. The molecule has 7 heteroatoms. The number of aliphatic hydroxyl groups is 2. The summed E-state index contributed by atoms with van der Waals surface area (Å²) in [5, 5.41) is 20.2. The van der Waals surface area contributed by atoms with Crippen LogP contribution in [-0.2, 0) is 20.3 Å². The van der Waals surface area contributed by atoms with Crippen LogP contribution in [0.3, 0.4) is 0 Å². The number of esters is 1. The van der Waals surface area contributed by atoms with Crippen molar-refractivity contribution >= 4 is 16.8 Å². The van der Waals surface area contributed by atoms with Crippen molar-refractivity contribution in [2.75, 3.05) is 12.3 Å². The van der Waals surface area contributed by atoms with Crippen LogP contribution < -0.4 is 5.73 Å². The van der Waals surface area contributed by atoms with E-state index in [9.17, 15) is 19.2 Å². The SMILES string of the molecule is C[C@H]1CCC/C=C/[C@@H]2C[C@H](O)C[C@H]2[C@H](O)[C@H](S(=O)CCN)CC(=O)O1. The molecule has 6 nitrogen and oxygen atoms in total. The molecule has 1 aliphatic heterocycles. The zero-order valence-corrected chi connectivity index (χ0v) is 15.7. The zero-order chi connectivity index (χ0) is 18.4. The fourth-order valence-corrected chi connectivity index (χ4v) is 5.26. The molecule has 0 aromatic carbocycles. The molecule has 0 spiro atoms. The quantitative estimate of drug-likeness (QED) is 0.500. The van der Waals surface area contributed by atoms with E-state index in [1.807, 2.05) is 6.92 Å². The van der Waals surface area contributed by atoms with Crippen molar-refractivity contribution in [3.05, 3.63) is 12.2 Å². The van der Waals surface area contributed by atoms with Crippen molar-refractivity contribution in [2.45, 2.75) is 69.0 Å². The highest BCUT2D eigenvalue weighted by Crippen LogP contribution is 2.38. The molecule has 0 aromatic heterocycles. The lowest BCUT2D eigenvalue weighted by molar-refractivity contribution is -0.149. The van der Waals surface area contributed by atoms with Crippen LogP contribution in [0.4, 0.5) is 0 Å². The molecule has 0 saturated heterocycles. The predicted octanol–water partition coefficient (Wildman–Crippen LogP) is 0.872. The Morgan fingerprint density at radius 1 is 1.36 bits per heavy atom. The van der Waals surface area contributed by atoms with E-state index in [4.69, 9.17) is 10.5 Å². The molecule has 7 atom stereocenters. The molecular weight excluding hydrogens is 342 g/mol. The molecule has 1 fully saturated rings. The number of cyclic esters (lactones) is 1. The Kier molecular flexibility index (Phi) is 8.06. The second-order valence-corrected chi connectivity index (χ2v) is 8.99. The van der Waals surface area contributed by atoms with Gasteiger partial charge in [0, 0.05) is 23.1 Å². The largest absolute Gasteiger partial charge is 0.463 e. The molecule has 0 bridgehead atoms. The second kappa shape index (κ2) is 9.80. The number of rotatable bonds is 3. The lowest BCUT2D eigenvalue weighted by atomic mass is 9.87. The van der Waals surface area contributed by atoms with E-state index < -0.39 is 34.2 Å². The van der Waals surface area contributed by atoms with Crippen molar-refractivity contribution in [2.24, 2.45) is 17.6 Å². The number of hydrogen-bond donors (Lipinski definition) is 3. The van der Waals surface area contributed by atoms with Crippen molar-refractivity contribution in [1.82, 2.24) is 0 Å². The Hall–Kier alpha value is -0.760. The van der Waals surface area contributed by atoms with Gasteiger partial charge in [-0.2, -0.15) is 0 Å². The van der Waals surface area contributed by atoms with Gasteiger partial charge >= 0.3 is 5.97 Å². The van der Waals surface area contributed by atoms with Crippen LogP contribution in [0.15, 0.2) is 12.2 Å². The van der Waals surface area contributed by atoms with Gasteiger partial charge in [-0.05, 0) is 50.9 Å². The third-order valence-electron chi connectivity index (χ3n) is 5.18. The lowest BCUT2D eigenvalue weighted by Gasteiger charge is -2.29. The van der Waals surface area contributed by atoms with E-state index in [1.165, 1.54) is 0 Å². The number of nitrogens with two attached hydrogens (primary N) is 1. The average molecular weight is 374 g/mol. The number of fused-ring (bicyclic) bond motifs is 1. The highest BCUT2D eigenvalue weighted by molar-refractivity contribution is 7.85. The Balaban J connectivity index is 2.24. The molecule has 0 radical (unpaired) electrons. The van der Waals surface area contributed by atoms with E-state index in [1.54, 1.807) is 0 Å². The lowest BCUT2D eigenvalue weighted by Crippen LogP contribution is -2.41. The van der Waals surface area contributed by atoms with Crippen molar-refractivity contribution < 1.29 is 24.0 Å². The number of hydrogen-bond acceptors (Lipinski definition) is 6. The first kappa shape index (κ1) is 20.6. The summed E-state index contributed by atoms with van der Waals surface area (Å²) in [5.41, 5.74) is 5.52. The Labute approximate surface area is 152 Å². The van der Waals surface area contributed by atoms with Gasteiger partial charge in [0.05, 0.1) is 30.0 Å². The van der Waals surface area contributed by atoms with Crippen LogP contribution in [0, 0.1) is 11.8 Å². The first-order chi connectivity index (χ1) is 11.9. The van der Waals surface area contributed by atoms with Crippen molar-refractivity contribution in [3.63, 3.8) is 0 Å². The standard InChI is InChI=1S/C18H31NO5S/c1-12-5-3-2-4-6-13-9-14(20)10-15(13)18(22)16(11-17(21)24-12)25(23)8-7-19/h4,6,12-16,18,20,22H,2-3,5,7-11,19H2,1H3/b6-4+/t12-,13+,14-,15+,16+,18-,25?/m0/s1. The van der Waals surface area contributed by atoms with Gasteiger partial charge in [0.1, 0.15) is 0 Å². The van der Waals surface area contributed by atoms with Gasteiger partial charge in [0.25, 0.3) is 0 Å². The molecule has 1 aliphatic carbocycles. The minimum atomic E-state index is -1.42. The minimum absolute atomic E-state index is 0.0385. The number of aliphatic hydroxyl groups excluding tert-OH is 2. The molecule has 2 aliphatic rings. The highest BCUT2D eigenvalue weighted by atomic mass is 32.2. The first-order valence-electron chi connectivity index (χ1n) is 9.21. The van der Waals surface area contributed by atoms with Crippen LogP contribution >= 0.6 is 0 Å². The van der Waals surface area contributed by atoms with E-state index in [0.717, 1.165) is 19.3 Å². The number of carbonyl (C=O) groups excluding carboxylic acids is 1. The first-order valence-corrected chi connectivity index (χ1v) is 10.6. The van der Waals surface area contributed by atoms with E-state index >= 15 is 0 Å². The van der Waals surface area contributed by atoms with Crippen molar-refractivity contribution in [1.29, 1.82) is 0 Å². The zero-order valence-electron chi connectivity index (χ0n) is 14.9. The summed E-state index contributed by atoms with van der Waals surface area (Å²) in [4.78, 5) is 12.3. The summed E-state index contributed by atoms with van der Waals surface area (Å²) in [6.45, 7) is 2.09. The average Bonchev–Trinajstić information content (AvgIpc) is 2.92. The van der Waals surface area contributed by atoms with Gasteiger partial charge in [0.2, 0.25) is 0 Å². The molecule has 2 rings (SSSR count). The second-order valence-electron chi connectivity index (χ2n) is 7.22. The van der Waals surface area contributed by atoms with Gasteiger partial charge in [-0.1, -0.05) is 12.2 Å². The maximum absolute atomic E-state index is 12.6. The topological polar surface area (TPSA) is 110 Å². The molecule has 144 valence electrons. The van der Waals surface area contributed by atoms with E-state index in [0.29, 0.717) is 12.8 Å². The molecule has 4 N–H and O–H groups in total. The molecular formula is C18H31NO5S. The third kappa shape index (κ3) is 5.88. The van der Waals surface area contributed by atoms with E-state index in [2.05, 4.69) is 12.2 Å². The highest BCUT2D eigenvalue weighted by Gasteiger charge is 2.42. The molecule has 25 heavy (non-hydrogen) atoms. The molecule has 0 aromatic rings. The normalized spacial score (nSPS) is 40.1. The van der Waals surface area contributed by atoms with E-state index in [-0.39, 0.29) is 36.7 Å². The molecule has 1 unspecified atom stereocenters. The van der Waals surface area contributed by atoms with Crippen LogP contribution in [0.25, 0.3) is 0 Å². The van der Waals surface area contributed by atoms with Crippen LogP contribution in [-0.4, -0.2) is 56.3 Å². The maximum Gasteiger partial charge on any atom is 0.307 e. The smallest absolute Gasteiger partial charge is 0.307 e. The summed E-state index contributed by atoms with van der Waals surface area (Å²) >= 11 is 0. The number of carbonyl (C=O) groups is 1. The minimum Gasteiger partial charge on any atom is -0.463 e. The van der Waals surface area contributed by atoms with Gasteiger partial charge in [-0.3, -0.25) is 9.00 Å². The molecule has 1 heterocycles. The molecule has 0 amide bonds. The number of ether oxygens (including phenoxy) is 1. The Bertz CT molecular complexity index is 498. The fraction of sp³-hybridized carbons (Fsp3) is 0.833. The summed E-state index contributed by atoms with van der Waals surface area (Å²) in [7, 11) is -1.42. The maximum atomic E-state index is 12.6. The summed E-state index contributed by atoms with van der Waals surface area (Å²) < 4.78 is 18.0. The Morgan fingerprint density at radius 2 is 2.12 bits per heavy atom. The van der Waals surface area contributed by atoms with Crippen molar-refractivity contribution in [3.8, 4) is 0 Å². The van der Waals surface area contributed by atoms with Gasteiger partial charge in [-0.15, -0.1) is 0 Å². The van der Waals surface area contributed by atoms with Gasteiger partial charge < -0.3 is 20.7 Å². The van der Waals surface area contributed by atoms with Gasteiger partial charge in [0.15, 0.2) is 0 Å². The molecule has 1 saturated carbocycles.